The monoisotopic (exact) mass is 571 g/mol. The predicted molar refractivity (Wildman–Crippen MR) is 140 cm³/mol. The van der Waals surface area contributed by atoms with Crippen LogP contribution < -0.4 is 4.90 Å². The Hall–Kier alpha value is -2.63. The second-order valence-electron chi connectivity index (χ2n) is 8.84. The molecule has 0 aliphatic carbocycles. The van der Waals surface area contributed by atoms with Gasteiger partial charge >= 0.3 is 0 Å². The van der Waals surface area contributed by atoms with Gasteiger partial charge in [-0.2, -0.15) is 4.31 Å². The highest BCUT2D eigenvalue weighted by Gasteiger charge is 2.47. The number of carbonyl (C=O) groups excluding carboxylic acids is 2. The Morgan fingerprint density at radius 3 is 2.36 bits per heavy atom. The van der Waals surface area contributed by atoms with E-state index >= 15 is 0 Å². The van der Waals surface area contributed by atoms with Gasteiger partial charge in [-0.15, -0.1) is 0 Å². The molecule has 2 fully saturated rings. The molecule has 0 spiro atoms. The first-order chi connectivity index (χ1) is 17.3. The lowest BCUT2D eigenvalue weighted by atomic mass is 10.1. The largest absolute Gasteiger partial charge is 0.379 e. The minimum atomic E-state index is -4.08. The van der Waals surface area contributed by atoms with Crippen molar-refractivity contribution in [2.24, 2.45) is 0 Å². The minimum Gasteiger partial charge on any atom is -0.379 e. The Labute approximate surface area is 218 Å². The molecule has 2 saturated heterocycles. The maximum atomic E-state index is 14.0. The highest BCUT2D eigenvalue weighted by atomic mass is 79.9. The van der Waals surface area contributed by atoms with Crippen LogP contribution in [0.5, 0.6) is 0 Å². The molecule has 8 nitrogen and oxygen atoms in total. The van der Waals surface area contributed by atoms with Crippen molar-refractivity contribution in [2.45, 2.75) is 17.4 Å². The second kappa shape index (κ2) is 10.4. The number of benzene rings is 3. The molecule has 36 heavy (non-hydrogen) atoms. The number of imide groups is 1. The van der Waals surface area contributed by atoms with Gasteiger partial charge in [0.25, 0.3) is 5.91 Å². The van der Waals surface area contributed by atoms with Crippen molar-refractivity contribution in [3.8, 4) is 0 Å². The first kappa shape index (κ1) is 25.0. The summed E-state index contributed by atoms with van der Waals surface area (Å²) in [6.45, 7) is 3.06. The van der Waals surface area contributed by atoms with Crippen LogP contribution in [0.25, 0.3) is 10.8 Å². The molecule has 0 N–H and O–H groups in total. The van der Waals surface area contributed by atoms with Crippen LogP contribution in [0.4, 0.5) is 5.69 Å². The molecule has 188 valence electrons. The van der Waals surface area contributed by atoms with Crippen LogP contribution in [-0.4, -0.2) is 74.9 Å². The first-order valence-corrected chi connectivity index (χ1v) is 14.0. The van der Waals surface area contributed by atoms with Crippen LogP contribution >= 0.6 is 15.9 Å². The zero-order valence-electron chi connectivity index (χ0n) is 19.5. The van der Waals surface area contributed by atoms with Crippen molar-refractivity contribution >= 4 is 54.2 Å². The lowest BCUT2D eigenvalue weighted by Crippen LogP contribution is -2.49. The van der Waals surface area contributed by atoms with Gasteiger partial charge < -0.3 is 4.74 Å². The summed E-state index contributed by atoms with van der Waals surface area (Å²) in [6, 6.07) is 18.2. The number of hydrogen-bond donors (Lipinski definition) is 0. The Morgan fingerprint density at radius 2 is 1.64 bits per heavy atom. The fourth-order valence-electron chi connectivity index (χ4n) is 4.67. The number of sulfonamides is 1. The molecule has 0 saturated carbocycles. The lowest BCUT2D eigenvalue weighted by Gasteiger charge is -2.31. The van der Waals surface area contributed by atoms with Crippen LogP contribution in [0.15, 0.2) is 76.1 Å². The third kappa shape index (κ3) is 4.96. The molecule has 1 atom stereocenters. The summed E-state index contributed by atoms with van der Waals surface area (Å²) in [5, 5.41) is 1.71. The van der Waals surface area contributed by atoms with E-state index in [1.807, 2.05) is 24.3 Å². The van der Waals surface area contributed by atoms with Gasteiger partial charge in [-0.3, -0.25) is 14.5 Å². The molecular weight excluding hydrogens is 546 g/mol. The van der Waals surface area contributed by atoms with E-state index in [2.05, 4.69) is 20.8 Å². The quantitative estimate of drug-likeness (QED) is 0.404. The Balaban J connectivity index is 1.49. The summed E-state index contributed by atoms with van der Waals surface area (Å²) < 4.78 is 35.4. The van der Waals surface area contributed by atoms with E-state index in [4.69, 9.17) is 4.74 Å². The minimum absolute atomic E-state index is 0.0903. The molecule has 2 aliphatic rings. The van der Waals surface area contributed by atoms with E-state index in [9.17, 15) is 18.0 Å². The van der Waals surface area contributed by atoms with Gasteiger partial charge in [0.2, 0.25) is 15.9 Å². The van der Waals surface area contributed by atoms with E-state index < -0.39 is 27.9 Å². The van der Waals surface area contributed by atoms with Crippen molar-refractivity contribution in [1.29, 1.82) is 0 Å². The van der Waals surface area contributed by atoms with Gasteiger partial charge in [0, 0.05) is 30.7 Å². The van der Waals surface area contributed by atoms with Crippen molar-refractivity contribution < 1.29 is 22.7 Å². The maximum absolute atomic E-state index is 14.0. The molecule has 3 aromatic rings. The number of anilines is 1. The summed E-state index contributed by atoms with van der Waals surface area (Å²) in [5.41, 5.74) is 0.423. The van der Waals surface area contributed by atoms with Crippen molar-refractivity contribution in [3.63, 3.8) is 0 Å². The van der Waals surface area contributed by atoms with Crippen molar-refractivity contribution in [2.75, 3.05) is 44.3 Å². The summed E-state index contributed by atoms with van der Waals surface area (Å²) in [4.78, 5) is 29.8. The van der Waals surface area contributed by atoms with Crippen LogP contribution in [-0.2, 0) is 24.3 Å². The molecule has 5 rings (SSSR count). The highest BCUT2D eigenvalue weighted by Crippen LogP contribution is 2.31. The first-order valence-electron chi connectivity index (χ1n) is 11.8. The number of morpholine rings is 1. The summed E-state index contributed by atoms with van der Waals surface area (Å²) in [7, 11) is -4.08. The SMILES string of the molecule is O=C1CC(N(CCN2CCOCC2)S(=O)(=O)c2ccc3ccccc3c2)C(=O)N1c1ccc(Br)cc1. The topological polar surface area (TPSA) is 87.2 Å². The second-order valence-corrected chi connectivity index (χ2v) is 11.6. The van der Waals surface area contributed by atoms with E-state index in [-0.39, 0.29) is 17.9 Å². The number of amides is 2. The predicted octanol–water partition coefficient (Wildman–Crippen LogP) is 3.26. The number of rotatable bonds is 7. The van der Waals surface area contributed by atoms with E-state index in [0.717, 1.165) is 20.1 Å². The van der Waals surface area contributed by atoms with E-state index in [0.29, 0.717) is 38.5 Å². The van der Waals surface area contributed by atoms with Crippen molar-refractivity contribution in [3.05, 3.63) is 71.2 Å². The molecule has 0 radical (unpaired) electrons. The molecule has 0 aromatic heterocycles. The molecule has 2 aliphatic heterocycles. The normalized spacial score (nSPS) is 19.5. The van der Waals surface area contributed by atoms with Gasteiger partial charge in [-0.05, 0) is 47.2 Å². The molecule has 2 amide bonds. The summed E-state index contributed by atoms with van der Waals surface area (Å²) in [5.74, 6) is -0.953. The lowest BCUT2D eigenvalue weighted by molar-refractivity contribution is -0.122. The Kier molecular flexibility index (Phi) is 7.23. The molecule has 0 bridgehead atoms. The zero-order valence-corrected chi connectivity index (χ0v) is 21.9. The van der Waals surface area contributed by atoms with Crippen molar-refractivity contribution in [1.82, 2.24) is 9.21 Å². The number of halogens is 1. The fraction of sp³-hybridized carbons (Fsp3) is 0.308. The standard InChI is InChI=1S/C26H26BrN3O5S/c27-21-6-8-22(9-7-21)30-25(31)18-24(26(30)32)29(12-11-28-13-15-35-16-14-28)36(33,34)23-10-5-19-3-1-2-4-20(19)17-23/h1-10,17,24H,11-16,18H2. The van der Waals surface area contributed by atoms with Gasteiger partial charge in [0.15, 0.2) is 0 Å². The number of nitrogens with zero attached hydrogens (tertiary/aromatic N) is 3. The number of ether oxygens (including phenoxy) is 1. The van der Waals surface area contributed by atoms with Crippen LogP contribution in [0, 0.1) is 0 Å². The summed E-state index contributed by atoms with van der Waals surface area (Å²) >= 11 is 3.36. The van der Waals surface area contributed by atoms with Crippen LogP contribution in [0.3, 0.4) is 0 Å². The summed E-state index contributed by atoms with van der Waals surface area (Å²) in [6.07, 6.45) is -0.204. The van der Waals surface area contributed by atoms with Gasteiger partial charge in [-0.1, -0.05) is 46.3 Å². The van der Waals surface area contributed by atoms with Gasteiger partial charge in [0.05, 0.1) is 30.2 Å². The fourth-order valence-corrected chi connectivity index (χ4v) is 6.55. The Morgan fingerprint density at radius 1 is 0.944 bits per heavy atom. The number of carbonyl (C=O) groups is 2. The van der Waals surface area contributed by atoms with Crippen LogP contribution in [0.1, 0.15) is 6.42 Å². The number of hydrogen-bond acceptors (Lipinski definition) is 6. The smallest absolute Gasteiger partial charge is 0.252 e. The highest BCUT2D eigenvalue weighted by molar-refractivity contribution is 9.10. The maximum Gasteiger partial charge on any atom is 0.252 e. The molecule has 2 heterocycles. The van der Waals surface area contributed by atoms with Gasteiger partial charge in [0.1, 0.15) is 6.04 Å². The molecule has 3 aromatic carbocycles. The molecular formula is C26H26BrN3O5S. The average molecular weight is 572 g/mol. The molecule has 1 unspecified atom stereocenters. The number of fused-ring (bicyclic) bond motifs is 1. The third-order valence-corrected chi connectivity index (χ3v) is 9.06. The van der Waals surface area contributed by atoms with E-state index in [1.165, 1.54) is 4.31 Å². The van der Waals surface area contributed by atoms with Gasteiger partial charge in [-0.25, -0.2) is 13.3 Å². The third-order valence-electron chi connectivity index (χ3n) is 6.62. The molecule has 10 heteroatoms. The zero-order chi connectivity index (χ0) is 25.3. The van der Waals surface area contributed by atoms with Crippen LogP contribution in [0.2, 0.25) is 0 Å². The average Bonchev–Trinajstić information content (AvgIpc) is 3.18. The van der Waals surface area contributed by atoms with E-state index in [1.54, 1.807) is 42.5 Å². The Bertz CT molecular complexity index is 1390.